The molecule has 3 saturated carbocycles. The first-order valence-corrected chi connectivity index (χ1v) is 10.7. The van der Waals surface area contributed by atoms with Gasteiger partial charge in [0.2, 0.25) is 5.91 Å². The molecule has 0 aromatic carbocycles. The fourth-order valence-corrected chi connectivity index (χ4v) is 10.1. The molecule has 4 aliphatic rings. The van der Waals surface area contributed by atoms with Crippen molar-refractivity contribution in [3.63, 3.8) is 0 Å². The molecule has 0 unspecified atom stereocenters. The number of carbonyl (C=O) groups is 1. The monoisotopic (exact) mass is 483 g/mol. The van der Waals surface area contributed by atoms with Crippen LogP contribution in [0.2, 0.25) is 0 Å². The van der Waals surface area contributed by atoms with E-state index >= 15 is 0 Å². The van der Waals surface area contributed by atoms with Gasteiger partial charge in [-0.3, -0.25) is 4.79 Å². The highest BCUT2D eigenvalue weighted by Crippen LogP contribution is 2.82. The lowest BCUT2D eigenvalue weighted by Gasteiger charge is -2.66. The van der Waals surface area contributed by atoms with Gasteiger partial charge in [0.05, 0.1) is 9.15 Å². The van der Waals surface area contributed by atoms with Gasteiger partial charge in [-0.1, -0.05) is 68.6 Å². The van der Waals surface area contributed by atoms with Crippen molar-refractivity contribution < 1.29 is 4.79 Å². The smallest absolute Gasteiger partial charge is 0.230 e. The maximum atomic E-state index is 13.3. The molecule has 3 atom stereocenters. The molecule has 0 spiro atoms. The Hall–Kier alpha value is 0.910. The van der Waals surface area contributed by atoms with Gasteiger partial charge in [-0.25, -0.2) is 0 Å². The van der Waals surface area contributed by atoms with Crippen LogP contribution >= 0.6 is 47.8 Å². The summed E-state index contributed by atoms with van der Waals surface area (Å²) in [6.45, 7) is 8.75. The molecule has 4 fully saturated rings. The largest absolute Gasteiger partial charge is 0.342 e. The molecule has 0 aromatic heterocycles. The molecule has 1 heterocycles. The molecular formula is C16H24Br3NO. The predicted molar refractivity (Wildman–Crippen MR) is 97.2 cm³/mol. The van der Waals surface area contributed by atoms with E-state index in [2.05, 4.69) is 73.5 Å². The van der Waals surface area contributed by atoms with Crippen LogP contribution in [0.5, 0.6) is 0 Å². The average molecular weight is 486 g/mol. The Balaban J connectivity index is 1.88. The van der Waals surface area contributed by atoms with E-state index in [4.69, 9.17) is 0 Å². The number of halogens is 3. The summed E-state index contributed by atoms with van der Waals surface area (Å²) in [5, 5.41) is 0. The maximum absolute atomic E-state index is 13.3. The number of alkyl halides is 3. The van der Waals surface area contributed by atoms with Crippen LogP contribution in [0, 0.1) is 22.2 Å². The summed E-state index contributed by atoms with van der Waals surface area (Å²) < 4.78 is 0.252. The van der Waals surface area contributed by atoms with Gasteiger partial charge < -0.3 is 4.90 Å². The fraction of sp³-hybridized carbons (Fsp3) is 0.938. The molecular weight excluding hydrogens is 462 g/mol. The SMILES string of the molecule is CC1CCN(C(=O)[C@]23CC[C@](C(Br)Br)([C@@H]2Br)C3(C)C)CC1. The first-order valence-electron chi connectivity index (χ1n) is 7.93. The van der Waals surface area contributed by atoms with Gasteiger partial charge in [0, 0.05) is 23.3 Å². The van der Waals surface area contributed by atoms with Crippen LogP contribution in [0.1, 0.15) is 46.5 Å². The van der Waals surface area contributed by atoms with E-state index < -0.39 is 0 Å². The Labute approximate surface area is 153 Å². The van der Waals surface area contributed by atoms with Gasteiger partial charge in [-0.15, -0.1) is 0 Å². The lowest BCUT2D eigenvalue weighted by atomic mass is 9.43. The third kappa shape index (κ3) is 1.83. The highest BCUT2D eigenvalue weighted by atomic mass is 79.9. The van der Waals surface area contributed by atoms with Crippen molar-refractivity contribution in [3.05, 3.63) is 0 Å². The Morgan fingerprint density at radius 2 is 1.76 bits per heavy atom. The van der Waals surface area contributed by atoms with Crippen LogP contribution in [0.3, 0.4) is 0 Å². The molecule has 1 aliphatic heterocycles. The molecule has 0 aromatic rings. The number of rotatable bonds is 2. The highest BCUT2D eigenvalue weighted by Gasteiger charge is 2.83. The lowest BCUT2D eigenvalue weighted by molar-refractivity contribution is -0.174. The molecule has 3 aliphatic carbocycles. The summed E-state index contributed by atoms with van der Waals surface area (Å²) in [4.78, 5) is 15.7. The van der Waals surface area contributed by atoms with E-state index in [0.717, 1.165) is 44.7 Å². The van der Waals surface area contributed by atoms with Crippen molar-refractivity contribution >= 4 is 53.7 Å². The van der Waals surface area contributed by atoms with Crippen molar-refractivity contribution in [1.29, 1.82) is 0 Å². The third-order valence-corrected chi connectivity index (χ3v) is 10.2. The lowest BCUT2D eigenvalue weighted by Crippen LogP contribution is -2.72. The molecule has 1 saturated heterocycles. The Bertz CT molecular complexity index is 458. The summed E-state index contributed by atoms with van der Waals surface area (Å²) in [6.07, 6.45) is 4.42. The number of piperidine rings is 1. The first kappa shape index (κ1) is 16.8. The number of carbonyl (C=O) groups excluding carboxylic acids is 1. The van der Waals surface area contributed by atoms with E-state index in [0.29, 0.717) is 5.91 Å². The number of fused-ring (bicyclic) bond motifs is 1. The second-order valence-corrected chi connectivity index (χ2v) is 11.8. The number of hydrogen-bond acceptors (Lipinski definition) is 1. The van der Waals surface area contributed by atoms with Crippen LogP contribution in [0.4, 0.5) is 0 Å². The molecule has 0 radical (unpaired) electrons. The van der Waals surface area contributed by atoms with Crippen molar-refractivity contribution in [2.75, 3.05) is 13.1 Å². The number of nitrogens with zero attached hydrogens (tertiary/aromatic N) is 1. The Morgan fingerprint density at radius 3 is 2.19 bits per heavy atom. The molecule has 2 nitrogen and oxygen atoms in total. The van der Waals surface area contributed by atoms with E-state index in [9.17, 15) is 4.79 Å². The Morgan fingerprint density at radius 1 is 1.19 bits per heavy atom. The molecule has 4 rings (SSSR count). The summed E-state index contributed by atoms with van der Waals surface area (Å²) in [5.74, 6) is 1.16. The van der Waals surface area contributed by atoms with Gasteiger partial charge in [0.15, 0.2) is 0 Å². The zero-order valence-corrected chi connectivity index (χ0v) is 17.7. The normalized spacial score (nSPS) is 42.2. The number of hydrogen-bond donors (Lipinski definition) is 0. The minimum Gasteiger partial charge on any atom is -0.342 e. The fourth-order valence-electron chi connectivity index (χ4n) is 5.16. The summed E-state index contributed by atoms with van der Waals surface area (Å²) in [6, 6.07) is 0. The molecule has 1 amide bonds. The molecule has 0 N–H and O–H groups in total. The zero-order valence-electron chi connectivity index (χ0n) is 13.0. The second-order valence-electron chi connectivity index (χ2n) is 7.77. The van der Waals surface area contributed by atoms with E-state index in [-0.39, 0.29) is 24.8 Å². The van der Waals surface area contributed by atoms with Gasteiger partial charge in [0.25, 0.3) is 0 Å². The molecule has 120 valence electrons. The molecule has 2 bridgehead atoms. The van der Waals surface area contributed by atoms with Crippen LogP contribution in [0.25, 0.3) is 0 Å². The summed E-state index contributed by atoms with van der Waals surface area (Å²) in [7, 11) is 0. The van der Waals surface area contributed by atoms with Crippen molar-refractivity contribution in [3.8, 4) is 0 Å². The Kier molecular flexibility index (Phi) is 4.15. The van der Waals surface area contributed by atoms with Crippen molar-refractivity contribution in [2.45, 2.75) is 55.0 Å². The van der Waals surface area contributed by atoms with Crippen LogP contribution < -0.4 is 0 Å². The summed E-state index contributed by atoms with van der Waals surface area (Å²) >= 11 is 11.4. The second kappa shape index (κ2) is 5.20. The van der Waals surface area contributed by atoms with Crippen molar-refractivity contribution in [1.82, 2.24) is 4.90 Å². The molecule has 21 heavy (non-hydrogen) atoms. The average Bonchev–Trinajstić information content (AvgIpc) is 2.88. The van der Waals surface area contributed by atoms with E-state index in [1.165, 1.54) is 0 Å². The third-order valence-electron chi connectivity index (χ3n) is 6.94. The van der Waals surface area contributed by atoms with Gasteiger partial charge >= 0.3 is 0 Å². The maximum Gasteiger partial charge on any atom is 0.230 e. The molecule has 5 heteroatoms. The zero-order chi connectivity index (χ0) is 15.6. The van der Waals surface area contributed by atoms with Crippen LogP contribution in [-0.2, 0) is 4.79 Å². The quantitative estimate of drug-likeness (QED) is 0.508. The summed E-state index contributed by atoms with van der Waals surface area (Å²) in [5.41, 5.74) is -0.0644. The predicted octanol–water partition coefficient (Wildman–Crippen LogP) is 4.93. The van der Waals surface area contributed by atoms with E-state index in [1.807, 2.05) is 0 Å². The van der Waals surface area contributed by atoms with Gasteiger partial charge in [-0.05, 0) is 37.0 Å². The highest BCUT2D eigenvalue weighted by molar-refractivity contribution is 9.24. The number of likely N-dealkylation sites (tertiary alicyclic amines) is 1. The van der Waals surface area contributed by atoms with Gasteiger partial charge in [0.1, 0.15) is 0 Å². The number of amides is 1. The van der Waals surface area contributed by atoms with Crippen LogP contribution in [-0.4, -0.2) is 32.5 Å². The topological polar surface area (TPSA) is 20.3 Å². The standard InChI is InChI=1S/C16H24Br3NO/c1-10-4-8-20(9-5-10)13(21)16-7-6-15(11(16)17,12(18)19)14(16,2)3/h10-12H,4-9H2,1-3H3/t11-,15+,16-/m0/s1. The minimum atomic E-state index is -0.215. The van der Waals surface area contributed by atoms with Crippen molar-refractivity contribution in [2.24, 2.45) is 22.2 Å². The minimum absolute atomic E-state index is 0.0198. The van der Waals surface area contributed by atoms with E-state index in [1.54, 1.807) is 0 Å². The first-order chi connectivity index (χ1) is 9.71. The van der Waals surface area contributed by atoms with Crippen LogP contribution in [0.15, 0.2) is 0 Å². The van der Waals surface area contributed by atoms with Gasteiger partial charge in [-0.2, -0.15) is 0 Å².